The lowest BCUT2D eigenvalue weighted by Gasteiger charge is -2.27. The minimum Gasteiger partial charge on any atom is -0.393 e. The predicted molar refractivity (Wildman–Crippen MR) is 58.2 cm³/mol. The van der Waals surface area contributed by atoms with Crippen LogP contribution in [0.5, 0.6) is 0 Å². The molecule has 0 amide bonds. The van der Waals surface area contributed by atoms with Crippen molar-refractivity contribution in [2.24, 2.45) is 0 Å². The number of halogens is 3. The number of benzene rings is 1. The van der Waals surface area contributed by atoms with Crippen molar-refractivity contribution in [2.45, 2.75) is 37.8 Å². The molecule has 0 saturated heterocycles. The lowest BCUT2D eigenvalue weighted by molar-refractivity contribution is 0.126. The Bertz CT molecular complexity index is 380. The molecular formula is C12H14F3NO. The lowest BCUT2D eigenvalue weighted by atomic mass is 9.93. The summed E-state index contributed by atoms with van der Waals surface area (Å²) in [4.78, 5) is 0. The summed E-state index contributed by atoms with van der Waals surface area (Å²) >= 11 is 0. The van der Waals surface area contributed by atoms with E-state index in [2.05, 4.69) is 5.32 Å². The third-order valence-electron chi connectivity index (χ3n) is 3.05. The molecule has 0 unspecified atom stereocenters. The fourth-order valence-corrected chi connectivity index (χ4v) is 2.09. The van der Waals surface area contributed by atoms with Gasteiger partial charge in [0.25, 0.3) is 0 Å². The van der Waals surface area contributed by atoms with E-state index in [1.807, 2.05) is 0 Å². The van der Waals surface area contributed by atoms with Crippen LogP contribution in [-0.4, -0.2) is 17.3 Å². The molecule has 0 radical (unpaired) electrons. The van der Waals surface area contributed by atoms with Crippen molar-refractivity contribution in [2.75, 3.05) is 5.32 Å². The molecule has 0 aromatic heterocycles. The number of hydrogen-bond donors (Lipinski definition) is 2. The van der Waals surface area contributed by atoms with Gasteiger partial charge < -0.3 is 10.4 Å². The molecule has 1 fully saturated rings. The number of rotatable bonds is 2. The average Bonchev–Trinajstić information content (AvgIpc) is 2.29. The van der Waals surface area contributed by atoms with Crippen LogP contribution in [0.4, 0.5) is 18.9 Å². The Hall–Kier alpha value is -1.23. The summed E-state index contributed by atoms with van der Waals surface area (Å²) in [5, 5.41) is 12.3. The van der Waals surface area contributed by atoms with Crippen molar-refractivity contribution in [3.8, 4) is 0 Å². The van der Waals surface area contributed by atoms with Crippen LogP contribution >= 0.6 is 0 Å². The van der Waals surface area contributed by atoms with E-state index < -0.39 is 17.5 Å². The summed E-state index contributed by atoms with van der Waals surface area (Å²) in [5.74, 6) is -3.83. The van der Waals surface area contributed by atoms with Gasteiger partial charge in [-0.3, -0.25) is 0 Å². The number of aliphatic hydroxyl groups is 1. The molecule has 1 aliphatic rings. The van der Waals surface area contributed by atoms with Gasteiger partial charge in [-0.15, -0.1) is 0 Å². The standard InChI is InChI=1S/C12H14F3NO/c13-10-5-8(6-11(14)12(10)15)16-7-1-3-9(17)4-2-7/h5-7,9,16-17H,1-4H2. The SMILES string of the molecule is OC1CCC(Nc2cc(F)c(F)c(F)c2)CC1. The predicted octanol–water partition coefficient (Wildman–Crippen LogP) is 2.82. The molecule has 1 aliphatic carbocycles. The highest BCUT2D eigenvalue weighted by Gasteiger charge is 2.20. The Morgan fingerprint density at radius 3 is 2.06 bits per heavy atom. The normalized spacial score (nSPS) is 24.7. The molecule has 2 N–H and O–H groups in total. The van der Waals surface area contributed by atoms with Gasteiger partial charge >= 0.3 is 0 Å². The van der Waals surface area contributed by atoms with Gasteiger partial charge in [0.15, 0.2) is 17.5 Å². The van der Waals surface area contributed by atoms with Gasteiger partial charge in [-0.05, 0) is 25.7 Å². The number of anilines is 1. The van der Waals surface area contributed by atoms with Crippen molar-refractivity contribution in [3.63, 3.8) is 0 Å². The molecule has 0 bridgehead atoms. The molecule has 1 aromatic rings. The smallest absolute Gasteiger partial charge is 0.194 e. The molecule has 0 atom stereocenters. The highest BCUT2D eigenvalue weighted by atomic mass is 19.2. The quantitative estimate of drug-likeness (QED) is 0.785. The summed E-state index contributed by atoms with van der Waals surface area (Å²) in [6, 6.07) is 1.97. The Labute approximate surface area is 97.5 Å². The van der Waals surface area contributed by atoms with Gasteiger partial charge in [0.1, 0.15) is 0 Å². The number of aliphatic hydroxyl groups excluding tert-OH is 1. The van der Waals surface area contributed by atoms with E-state index in [1.165, 1.54) is 0 Å². The van der Waals surface area contributed by atoms with Crippen LogP contribution in [0, 0.1) is 17.5 Å². The molecule has 1 saturated carbocycles. The van der Waals surface area contributed by atoms with E-state index in [0.717, 1.165) is 25.0 Å². The largest absolute Gasteiger partial charge is 0.393 e. The van der Waals surface area contributed by atoms with Crippen molar-refractivity contribution in [1.82, 2.24) is 0 Å². The molecule has 1 aromatic carbocycles. The molecule has 2 nitrogen and oxygen atoms in total. The monoisotopic (exact) mass is 245 g/mol. The maximum absolute atomic E-state index is 13.0. The molecule has 5 heteroatoms. The Morgan fingerprint density at radius 2 is 1.53 bits per heavy atom. The summed E-state index contributed by atoms with van der Waals surface area (Å²) in [5.41, 5.74) is 0.239. The summed E-state index contributed by atoms with van der Waals surface area (Å²) in [6.45, 7) is 0. The Kier molecular flexibility index (Phi) is 3.57. The Balaban J connectivity index is 2.04. The molecule has 2 rings (SSSR count). The van der Waals surface area contributed by atoms with Crippen LogP contribution in [0.1, 0.15) is 25.7 Å². The summed E-state index contributed by atoms with van der Waals surface area (Å²) < 4.78 is 38.7. The zero-order valence-corrected chi connectivity index (χ0v) is 9.22. The van der Waals surface area contributed by atoms with Crippen LogP contribution < -0.4 is 5.32 Å². The van der Waals surface area contributed by atoms with Crippen molar-refractivity contribution < 1.29 is 18.3 Å². The molecule has 0 heterocycles. The minimum absolute atomic E-state index is 0.0719. The first-order valence-electron chi connectivity index (χ1n) is 5.65. The third kappa shape index (κ3) is 2.91. The van der Waals surface area contributed by atoms with Crippen molar-refractivity contribution >= 4 is 5.69 Å². The van der Waals surface area contributed by atoms with Crippen molar-refractivity contribution in [1.29, 1.82) is 0 Å². The first-order valence-corrected chi connectivity index (χ1v) is 5.65. The molecule has 0 spiro atoms. The second-order valence-electron chi connectivity index (χ2n) is 4.40. The van der Waals surface area contributed by atoms with Gasteiger partial charge in [-0.25, -0.2) is 13.2 Å². The molecular weight excluding hydrogens is 231 g/mol. The third-order valence-corrected chi connectivity index (χ3v) is 3.05. The lowest BCUT2D eigenvalue weighted by Crippen LogP contribution is -2.28. The van der Waals surface area contributed by atoms with Crippen LogP contribution in [0.25, 0.3) is 0 Å². The molecule has 17 heavy (non-hydrogen) atoms. The maximum Gasteiger partial charge on any atom is 0.194 e. The topological polar surface area (TPSA) is 32.3 Å². The number of nitrogens with one attached hydrogen (secondary N) is 1. The highest BCUT2D eigenvalue weighted by Crippen LogP contribution is 2.24. The van der Waals surface area contributed by atoms with Gasteiger partial charge in [0, 0.05) is 23.9 Å². The first kappa shape index (κ1) is 12.2. The van der Waals surface area contributed by atoms with E-state index in [4.69, 9.17) is 0 Å². The fraction of sp³-hybridized carbons (Fsp3) is 0.500. The van der Waals surface area contributed by atoms with Crippen LogP contribution in [0.2, 0.25) is 0 Å². The minimum atomic E-state index is -1.45. The summed E-state index contributed by atoms with van der Waals surface area (Å²) in [7, 11) is 0. The van der Waals surface area contributed by atoms with E-state index in [1.54, 1.807) is 0 Å². The van der Waals surface area contributed by atoms with Gasteiger partial charge in [-0.1, -0.05) is 0 Å². The van der Waals surface area contributed by atoms with E-state index in [9.17, 15) is 18.3 Å². The zero-order valence-electron chi connectivity index (χ0n) is 9.22. The number of hydrogen-bond acceptors (Lipinski definition) is 2. The molecule has 0 aliphatic heterocycles. The van der Waals surface area contributed by atoms with Crippen LogP contribution in [0.3, 0.4) is 0 Å². The Morgan fingerprint density at radius 1 is 1.00 bits per heavy atom. The van der Waals surface area contributed by atoms with Gasteiger partial charge in [0.2, 0.25) is 0 Å². The van der Waals surface area contributed by atoms with E-state index in [0.29, 0.717) is 12.8 Å². The van der Waals surface area contributed by atoms with E-state index >= 15 is 0 Å². The summed E-state index contributed by atoms with van der Waals surface area (Å²) in [6.07, 6.45) is 2.53. The van der Waals surface area contributed by atoms with Crippen molar-refractivity contribution in [3.05, 3.63) is 29.6 Å². The molecule has 94 valence electrons. The van der Waals surface area contributed by atoms with Crippen LogP contribution in [0.15, 0.2) is 12.1 Å². The first-order chi connectivity index (χ1) is 8.06. The fourth-order valence-electron chi connectivity index (χ4n) is 2.09. The van der Waals surface area contributed by atoms with Gasteiger partial charge in [0.05, 0.1) is 6.10 Å². The second kappa shape index (κ2) is 4.96. The van der Waals surface area contributed by atoms with Gasteiger partial charge in [-0.2, -0.15) is 0 Å². The maximum atomic E-state index is 13.0. The van der Waals surface area contributed by atoms with E-state index in [-0.39, 0.29) is 17.8 Å². The highest BCUT2D eigenvalue weighted by molar-refractivity contribution is 5.45. The second-order valence-corrected chi connectivity index (χ2v) is 4.40. The van der Waals surface area contributed by atoms with Crippen LogP contribution in [-0.2, 0) is 0 Å². The zero-order chi connectivity index (χ0) is 12.4. The average molecular weight is 245 g/mol.